The summed E-state index contributed by atoms with van der Waals surface area (Å²) in [6.07, 6.45) is -4.41. The molecule has 0 bridgehead atoms. The molecule has 1 heterocycles. The minimum atomic E-state index is -1.53. The molecule has 4 atom stereocenters. The molecule has 6 heteroatoms. The van der Waals surface area contributed by atoms with Gasteiger partial charge in [-0.1, -0.05) is 60.7 Å². The van der Waals surface area contributed by atoms with Gasteiger partial charge in [0.1, 0.15) is 12.7 Å². The number of carbonyl (C=O) groups is 2. The number of hydrogen-bond donors (Lipinski definition) is 0. The summed E-state index contributed by atoms with van der Waals surface area (Å²) in [5, 5.41) is 3.78. The van der Waals surface area contributed by atoms with Crippen LogP contribution in [0, 0.1) is 0 Å². The molecule has 4 aromatic rings. The number of alkyl halides is 1. The van der Waals surface area contributed by atoms with E-state index < -0.39 is 36.4 Å². The maximum absolute atomic E-state index is 14.8. The van der Waals surface area contributed by atoms with Crippen molar-refractivity contribution in [3.63, 3.8) is 0 Å². The molecule has 34 heavy (non-hydrogen) atoms. The maximum Gasteiger partial charge on any atom is 0.338 e. The van der Waals surface area contributed by atoms with Crippen LogP contribution in [-0.4, -0.2) is 43.0 Å². The predicted molar refractivity (Wildman–Crippen MR) is 127 cm³/mol. The second-order valence-electron chi connectivity index (χ2n) is 8.42. The lowest BCUT2D eigenvalue weighted by Crippen LogP contribution is -2.37. The second kappa shape index (κ2) is 9.23. The normalized spacial score (nSPS) is 22.1. The Kier molecular flexibility index (Phi) is 5.99. The molecule has 0 saturated carbocycles. The minimum Gasteiger partial charge on any atom is -0.459 e. The van der Waals surface area contributed by atoms with Crippen LogP contribution in [0.2, 0.25) is 0 Å². The van der Waals surface area contributed by atoms with Gasteiger partial charge in [-0.05, 0) is 52.7 Å². The smallest absolute Gasteiger partial charge is 0.338 e. The van der Waals surface area contributed by atoms with Gasteiger partial charge in [0.25, 0.3) is 0 Å². The van der Waals surface area contributed by atoms with Gasteiger partial charge in [-0.25, -0.2) is 14.0 Å². The van der Waals surface area contributed by atoms with E-state index in [1.165, 1.54) is 0 Å². The van der Waals surface area contributed by atoms with Crippen molar-refractivity contribution in [2.24, 2.45) is 0 Å². The van der Waals surface area contributed by atoms with Crippen molar-refractivity contribution >= 4 is 33.5 Å². The van der Waals surface area contributed by atoms with Crippen LogP contribution in [-0.2, 0) is 14.2 Å². The van der Waals surface area contributed by atoms with Crippen molar-refractivity contribution in [2.45, 2.75) is 31.4 Å². The molecule has 1 saturated heterocycles. The first-order valence-corrected chi connectivity index (χ1v) is 11.1. The molecule has 0 aromatic heterocycles. The molecular formula is C28H23FO5. The lowest BCUT2D eigenvalue weighted by molar-refractivity contribution is -0.0403. The molecule has 5 rings (SSSR count). The van der Waals surface area contributed by atoms with Gasteiger partial charge in [-0.3, -0.25) is 0 Å². The number of rotatable bonds is 5. The average Bonchev–Trinajstić information content (AvgIpc) is 3.14. The summed E-state index contributed by atoms with van der Waals surface area (Å²) in [6, 6.07) is 25.7. The van der Waals surface area contributed by atoms with E-state index in [1.807, 2.05) is 60.7 Å². The van der Waals surface area contributed by atoms with Crippen LogP contribution < -0.4 is 0 Å². The molecule has 0 aliphatic carbocycles. The highest BCUT2D eigenvalue weighted by Crippen LogP contribution is 2.28. The van der Waals surface area contributed by atoms with Crippen LogP contribution in [0.5, 0.6) is 0 Å². The first kappa shape index (κ1) is 22.0. The summed E-state index contributed by atoms with van der Waals surface area (Å²) in [5.41, 5.74) is 0.698. The van der Waals surface area contributed by atoms with Gasteiger partial charge in [0.2, 0.25) is 0 Å². The average molecular weight is 458 g/mol. The molecule has 1 aliphatic rings. The van der Waals surface area contributed by atoms with E-state index in [9.17, 15) is 14.0 Å². The SMILES string of the molecule is CC1O[C@H](COC(=O)c2ccc3ccccc3c2)[C@@H](OC(=O)c2ccc3ccccc3c2)[C@@H]1F. The first-order chi connectivity index (χ1) is 16.5. The standard InChI is InChI=1S/C28H23FO5/c1-17-25(29)26(34-28(31)23-13-11-19-7-3-5-9-21(19)15-23)24(33-17)16-32-27(30)22-12-10-18-6-2-4-8-20(18)14-22/h2-15,17,24-26H,16H2,1H3/t17?,24-,25-,26-/m1/s1. The fraction of sp³-hybridized carbons (Fsp3) is 0.214. The van der Waals surface area contributed by atoms with Gasteiger partial charge in [0.15, 0.2) is 12.3 Å². The number of fused-ring (bicyclic) bond motifs is 2. The zero-order valence-electron chi connectivity index (χ0n) is 18.5. The Morgan fingerprint density at radius 2 is 1.32 bits per heavy atom. The Labute approximate surface area is 196 Å². The van der Waals surface area contributed by atoms with Gasteiger partial charge >= 0.3 is 11.9 Å². The largest absolute Gasteiger partial charge is 0.459 e. The number of ether oxygens (including phenoxy) is 3. The van der Waals surface area contributed by atoms with E-state index >= 15 is 0 Å². The van der Waals surface area contributed by atoms with Gasteiger partial charge in [0.05, 0.1) is 17.2 Å². The fourth-order valence-electron chi connectivity index (χ4n) is 4.24. The summed E-state index contributed by atoms with van der Waals surface area (Å²) < 4.78 is 31.4. The summed E-state index contributed by atoms with van der Waals surface area (Å²) in [6.45, 7) is 1.33. The van der Waals surface area contributed by atoms with Crippen molar-refractivity contribution in [1.29, 1.82) is 0 Å². The molecule has 172 valence electrons. The van der Waals surface area contributed by atoms with E-state index in [0.717, 1.165) is 21.5 Å². The van der Waals surface area contributed by atoms with Crippen molar-refractivity contribution in [3.05, 3.63) is 96.1 Å². The monoisotopic (exact) mass is 458 g/mol. The molecule has 0 radical (unpaired) electrons. The quantitative estimate of drug-likeness (QED) is 0.370. The molecule has 1 unspecified atom stereocenters. The summed E-state index contributed by atoms with van der Waals surface area (Å²) in [7, 11) is 0. The van der Waals surface area contributed by atoms with Crippen LogP contribution in [0.25, 0.3) is 21.5 Å². The fourth-order valence-corrected chi connectivity index (χ4v) is 4.24. The molecular weight excluding hydrogens is 435 g/mol. The van der Waals surface area contributed by atoms with E-state index in [0.29, 0.717) is 11.1 Å². The maximum atomic E-state index is 14.8. The van der Waals surface area contributed by atoms with Gasteiger partial charge in [-0.2, -0.15) is 0 Å². The van der Waals surface area contributed by atoms with Gasteiger partial charge in [-0.15, -0.1) is 0 Å². The molecule has 1 aliphatic heterocycles. The zero-order valence-corrected chi connectivity index (χ0v) is 18.5. The van der Waals surface area contributed by atoms with Crippen LogP contribution >= 0.6 is 0 Å². The van der Waals surface area contributed by atoms with Crippen molar-refractivity contribution in [2.75, 3.05) is 6.61 Å². The molecule has 1 fully saturated rings. The van der Waals surface area contributed by atoms with Crippen LogP contribution in [0.1, 0.15) is 27.6 Å². The van der Waals surface area contributed by atoms with Crippen LogP contribution in [0.15, 0.2) is 84.9 Å². The first-order valence-electron chi connectivity index (χ1n) is 11.1. The van der Waals surface area contributed by atoms with Crippen LogP contribution in [0.4, 0.5) is 4.39 Å². The van der Waals surface area contributed by atoms with Crippen LogP contribution in [0.3, 0.4) is 0 Å². The van der Waals surface area contributed by atoms with E-state index in [1.54, 1.807) is 31.2 Å². The van der Waals surface area contributed by atoms with Gasteiger partial charge < -0.3 is 14.2 Å². The Bertz CT molecular complexity index is 1370. The molecule has 0 amide bonds. The second-order valence-corrected chi connectivity index (χ2v) is 8.42. The van der Waals surface area contributed by atoms with Crippen molar-refractivity contribution < 1.29 is 28.2 Å². The lowest BCUT2D eigenvalue weighted by atomic mass is 10.1. The number of hydrogen-bond acceptors (Lipinski definition) is 5. The highest BCUT2D eigenvalue weighted by Gasteiger charge is 2.46. The van der Waals surface area contributed by atoms with Gasteiger partial charge in [0, 0.05) is 0 Å². The zero-order chi connectivity index (χ0) is 23.7. The molecule has 4 aromatic carbocycles. The highest BCUT2D eigenvalue weighted by molar-refractivity contribution is 5.96. The third-order valence-corrected chi connectivity index (χ3v) is 6.11. The molecule has 0 spiro atoms. The minimum absolute atomic E-state index is 0.230. The number of halogens is 1. The van der Waals surface area contributed by atoms with E-state index in [4.69, 9.17) is 14.2 Å². The number of carbonyl (C=O) groups excluding carboxylic acids is 2. The number of esters is 2. The number of benzene rings is 4. The van der Waals surface area contributed by atoms with Crippen molar-refractivity contribution in [1.82, 2.24) is 0 Å². The Morgan fingerprint density at radius 3 is 1.91 bits per heavy atom. The lowest BCUT2D eigenvalue weighted by Gasteiger charge is -2.20. The Morgan fingerprint density at radius 1 is 0.794 bits per heavy atom. The molecule has 5 nitrogen and oxygen atoms in total. The highest BCUT2D eigenvalue weighted by atomic mass is 19.1. The summed E-state index contributed by atoms with van der Waals surface area (Å²) in [5.74, 6) is -1.20. The third kappa shape index (κ3) is 4.37. The predicted octanol–water partition coefficient (Wildman–Crippen LogP) is 5.50. The van der Waals surface area contributed by atoms with E-state index in [-0.39, 0.29) is 6.61 Å². The third-order valence-electron chi connectivity index (χ3n) is 6.11. The van der Waals surface area contributed by atoms with E-state index in [2.05, 4.69) is 0 Å². The molecule has 0 N–H and O–H groups in total. The summed E-state index contributed by atoms with van der Waals surface area (Å²) >= 11 is 0. The topological polar surface area (TPSA) is 61.8 Å². The Hall–Kier alpha value is -3.77. The van der Waals surface area contributed by atoms with Crippen molar-refractivity contribution in [3.8, 4) is 0 Å². The summed E-state index contributed by atoms with van der Waals surface area (Å²) in [4.78, 5) is 25.4. The Balaban J connectivity index is 1.27.